The molecule has 0 aliphatic carbocycles. The smallest absolute Gasteiger partial charge is 0.392 e. The van der Waals surface area contributed by atoms with Crippen LogP contribution < -0.4 is 20.7 Å². The molecule has 2 aromatic rings. The average Bonchev–Trinajstić information content (AvgIpc) is 2.72. The van der Waals surface area contributed by atoms with Crippen LogP contribution in [0.5, 0.6) is 0 Å². The van der Waals surface area contributed by atoms with Crippen LogP contribution in [0.1, 0.15) is 31.9 Å². The lowest BCUT2D eigenvalue weighted by Gasteiger charge is -2.39. The van der Waals surface area contributed by atoms with Crippen molar-refractivity contribution in [2.75, 3.05) is 23.1 Å². The summed E-state index contributed by atoms with van der Waals surface area (Å²) in [6.45, 7) is 7.79. The number of hydrogen-bond acceptors (Lipinski definition) is 3. The Kier molecular flexibility index (Phi) is 9.93. The minimum atomic E-state index is -4.65. The summed E-state index contributed by atoms with van der Waals surface area (Å²) in [6.07, 6.45) is -5.39. The lowest BCUT2D eigenvalue weighted by molar-refractivity contribution is -0.137. The van der Waals surface area contributed by atoms with Crippen molar-refractivity contribution in [3.8, 4) is 0 Å². The number of alkyl halides is 3. The Morgan fingerprint density at radius 2 is 1.59 bits per heavy atom. The van der Waals surface area contributed by atoms with Crippen molar-refractivity contribution in [3.05, 3.63) is 58.6 Å². The molecule has 0 spiro atoms. The van der Waals surface area contributed by atoms with Crippen molar-refractivity contribution in [2.24, 2.45) is 5.92 Å². The fourth-order valence-electron chi connectivity index (χ4n) is 3.05. The van der Waals surface area contributed by atoms with Gasteiger partial charge < -0.3 is 15.7 Å². The van der Waals surface area contributed by atoms with Gasteiger partial charge in [-0.05, 0) is 80.1 Å². The number of aliphatic hydroxyl groups is 1. The molecule has 0 saturated heterocycles. The number of thiocarbonyl (C=S) groups is 2. The van der Waals surface area contributed by atoms with E-state index in [1.165, 1.54) is 28.2 Å². The summed E-state index contributed by atoms with van der Waals surface area (Å²) >= 11 is 17.5. The van der Waals surface area contributed by atoms with Crippen LogP contribution in [0.3, 0.4) is 0 Å². The van der Waals surface area contributed by atoms with Crippen molar-refractivity contribution in [1.29, 1.82) is 0 Å². The van der Waals surface area contributed by atoms with E-state index in [-0.39, 0.29) is 28.4 Å². The van der Waals surface area contributed by atoms with E-state index in [0.29, 0.717) is 17.3 Å². The van der Waals surface area contributed by atoms with Gasteiger partial charge in [0.2, 0.25) is 0 Å². The summed E-state index contributed by atoms with van der Waals surface area (Å²) < 4.78 is 42.1. The molecular weight excluding hydrogens is 505 g/mol. The van der Waals surface area contributed by atoms with Crippen LogP contribution in [0.25, 0.3) is 0 Å². The predicted octanol–water partition coefficient (Wildman–Crippen LogP) is 5.68. The van der Waals surface area contributed by atoms with E-state index in [1.54, 1.807) is 25.1 Å². The molecule has 0 saturated carbocycles. The summed E-state index contributed by atoms with van der Waals surface area (Å²) in [7, 11) is 0. The Balaban J connectivity index is 2.75. The Bertz CT molecular complexity index is 998. The van der Waals surface area contributed by atoms with Gasteiger partial charge in [-0.2, -0.15) is 13.2 Å². The molecule has 1 unspecified atom stereocenters. The number of rotatable bonds is 6. The first kappa shape index (κ1) is 28.1. The van der Waals surface area contributed by atoms with Crippen LogP contribution in [-0.2, 0) is 6.18 Å². The van der Waals surface area contributed by atoms with Gasteiger partial charge in [0, 0.05) is 18.1 Å². The second-order valence-electron chi connectivity index (χ2n) is 8.24. The zero-order valence-corrected chi connectivity index (χ0v) is 21.7. The van der Waals surface area contributed by atoms with Crippen molar-refractivity contribution in [1.82, 2.24) is 10.6 Å². The van der Waals surface area contributed by atoms with E-state index in [4.69, 9.17) is 36.0 Å². The zero-order chi connectivity index (χ0) is 25.6. The van der Waals surface area contributed by atoms with Gasteiger partial charge in [-0.15, -0.1) is 0 Å². The maximum Gasteiger partial charge on any atom is 0.418 e. The lowest BCUT2D eigenvalue weighted by Crippen LogP contribution is -2.58. The highest BCUT2D eigenvalue weighted by molar-refractivity contribution is 7.81. The molecule has 0 aliphatic heterocycles. The molecule has 2 aromatic carbocycles. The fourth-order valence-corrected chi connectivity index (χ4v) is 3.86. The van der Waals surface area contributed by atoms with Crippen molar-refractivity contribution in [3.63, 3.8) is 0 Å². The third kappa shape index (κ3) is 7.69. The number of nitrogens with one attached hydrogen (secondary N) is 2. The van der Waals surface area contributed by atoms with Crippen LogP contribution in [0.15, 0.2) is 42.5 Å². The van der Waals surface area contributed by atoms with Gasteiger partial charge in [0.15, 0.2) is 10.2 Å². The molecular formula is C23H28ClF3N4OS2. The Morgan fingerprint density at radius 3 is 2.15 bits per heavy atom. The van der Waals surface area contributed by atoms with Gasteiger partial charge in [0.05, 0.1) is 23.0 Å². The third-order valence-electron chi connectivity index (χ3n) is 4.50. The van der Waals surface area contributed by atoms with E-state index in [1.807, 2.05) is 20.8 Å². The second-order valence-corrected chi connectivity index (χ2v) is 9.45. The first-order valence-electron chi connectivity index (χ1n) is 10.6. The highest BCUT2D eigenvalue weighted by Crippen LogP contribution is 2.38. The molecule has 0 amide bonds. The number of para-hydroxylation sites is 1. The number of halogens is 4. The van der Waals surface area contributed by atoms with Gasteiger partial charge in [0.25, 0.3) is 0 Å². The van der Waals surface area contributed by atoms with Gasteiger partial charge in [-0.1, -0.05) is 37.6 Å². The Morgan fingerprint density at radius 1 is 1.00 bits per heavy atom. The SMILES string of the molecule is Cc1cc(Cl)cc(N(C(=S)NCC(C)O)N(C(=S)NCC(C)C)c2ccccc2C(F)(F)F)c1. The topological polar surface area (TPSA) is 50.8 Å². The molecule has 0 aromatic heterocycles. The molecule has 34 heavy (non-hydrogen) atoms. The lowest BCUT2D eigenvalue weighted by atomic mass is 10.1. The molecule has 0 aliphatic rings. The highest BCUT2D eigenvalue weighted by Gasteiger charge is 2.38. The molecule has 0 fully saturated rings. The van der Waals surface area contributed by atoms with Gasteiger partial charge >= 0.3 is 6.18 Å². The van der Waals surface area contributed by atoms with Crippen LogP contribution >= 0.6 is 36.0 Å². The number of aliphatic hydroxyl groups excluding tert-OH is 1. The van der Waals surface area contributed by atoms with Gasteiger partial charge in [-0.3, -0.25) is 0 Å². The van der Waals surface area contributed by atoms with Crippen LogP contribution in [-0.4, -0.2) is 34.5 Å². The van der Waals surface area contributed by atoms with Gasteiger partial charge in [-0.25, -0.2) is 10.0 Å². The molecule has 0 radical (unpaired) electrons. The Labute approximate surface area is 213 Å². The van der Waals surface area contributed by atoms with Crippen molar-refractivity contribution in [2.45, 2.75) is 40.0 Å². The average molecular weight is 533 g/mol. The summed E-state index contributed by atoms with van der Waals surface area (Å²) in [5, 5.41) is 18.7. The standard InChI is InChI=1S/C23H28ClF3N4OS2/c1-14(2)12-28-22(34)31(20-8-6-5-7-19(20)23(25,26)27)30(21(33)29-13-16(4)32)18-10-15(3)9-17(24)11-18/h5-11,14,16,32H,12-13H2,1-4H3,(H,28,34)(H,29,33). The van der Waals surface area contributed by atoms with Gasteiger partial charge in [0.1, 0.15) is 0 Å². The molecule has 0 bridgehead atoms. The molecule has 5 nitrogen and oxygen atoms in total. The van der Waals surface area contributed by atoms with E-state index >= 15 is 0 Å². The zero-order valence-electron chi connectivity index (χ0n) is 19.3. The van der Waals surface area contributed by atoms with Crippen molar-refractivity contribution < 1.29 is 18.3 Å². The molecule has 0 heterocycles. The van der Waals surface area contributed by atoms with E-state index in [2.05, 4.69) is 10.6 Å². The van der Waals surface area contributed by atoms with Crippen LogP contribution in [0.4, 0.5) is 24.5 Å². The molecule has 186 valence electrons. The monoisotopic (exact) mass is 532 g/mol. The third-order valence-corrected chi connectivity index (χ3v) is 5.36. The maximum absolute atomic E-state index is 14.0. The summed E-state index contributed by atoms with van der Waals surface area (Å²) in [5.41, 5.74) is 0.0792. The van der Waals surface area contributed by atoms with Crippen LogP contribution in [0, 0.1) is 12.8 Å². The second kappa shape index (κ2) is 12.0. The number of hydrogen-bond donors (Lipinski definition) is 3. The molecule has 1 atom stereocenters. The minimum Gasteiger partial charge on any atom is -0.392 e. The maximum atomic E-state index is 14.0. The first-order chi connectivity index (χ1) is 15.8. The summed E-state index contributed by atoms with van der Waals surface area (Å²) in [5.74, 6) is 0.180. The fraction of sp³-hybridized carbons (Fsp3) is 0.391. The largest absolute Gasteiger partial charge is 0.418 e. The number of hydrazine groups is 1. The molecule has 3 N–H and O–H groups in total. The first-order valence-corrected chi connectivity index (χ1v) is 11.8. The number of nitrogens with zero attached hydrogens (tertiary/aromatic N) is 2. The van der Waals surface area contributed by atoms with Crippen LogP contribution in [0.2, 0.25) is 5.02 Å². The van der Waals surface area contributed by atoms with E-state index in [0.717, 1.165) is 11.6 Å². The van der Waals surface area contributed by atoms with E-state index < -0.39 is 17.8 Å². The Hall–Kier alpha value is -2.14. The number of anilines is 2. The van der Waals surface area contributed by atoms with E-state index in [9.17, 15) is 18.3 Å². The minimum absolute atomic E-state index is 0.0178. The number of aryl methyl sites for hydroxylation is 1. The van der Waals surface area contributed by atoms with Crippen molar-refractivity contribution >= 4 is 57.6 Å². The summed E-state index contributed by atoms with van der Waals surface area (Å²) in [6, 6.07) is 10.2. The number of benzene rings is 2. The normalized spacial score (nSPS) is 12.3. The predicted molar refractivity (Wildman–Crippen MR) is 140 cm³/mol. The summed E-state index contributed by atoms with van der Waals surface area (Å²) in [4.78, 5) is 0. The molecule has 11 heteroatoms. The molecule has 2 rings (SSSR count). The quantitative estimate of drug-likeness (QED) is 0.327. The highest BCUT2D eigenvalue weighted by atomic mass is 35.5.